The van der Waals surface area contributed by atoms with Gasteiger partial charge in [-0.25, -0.2) is 0 Å². The minimum absolute atomic E-state index is 0.0352. The van der Waals surface area contributed by atoms with E-state index in [1.807, 2.05) is 6.92 Å². The number of hydrogen-bond donors (Lipinski definition) is 4. The summed E-state index contributed by atoms with van der Waals surface area (Å²) in [6.07, 6.45) is 2.00. The molecule has 0 bridgehead atoms. The van der Waals surface area contributed by atoms with Crippen LogP contribution < -0.4 is 5.73 Å². The first-order valence-electron chi connectivity index (χ1n) is 6.37. The molecule has 19 heavy (non-hydrogen) atoms. The molecule has 106 valence electrons. The number of benzene rings is 1. The molecule has 1 aromatic rings. The molecular formula is C14H21NO4. The molecule has 5 heteroatoms. The van der Waals surface area contributed by atoms with Gasteiger partial charge < -0.3 is 21.1 Å². The lowest BCUT2D eigenvalue weighted by atomic mass is 9.91. The van der Waals surface area contributed by atoms with Crippen LogP contribution in [-0.4, -0.2) is 27.8 Å². The molecule has 5 nitrogen and oxygen atoms in total. The van der Waals surface area contributed by atoms with Crippen LogP contribution in [0.25, 0.3) is 0 Å². The van der Waals surface area contributed by atoms with E-state index in [-0.39, 0.29) is 24.0 Å². The van der Waals surface area contributed by atoms with Gasteiger partial charge in [-0.2, -0.15) is 0 Å². The van der Waals surface area contributed by atoms with Crippen LogP contribution in [0.2, 0.25) is 0 Å². The van der Waals surface area contributed by atoms with E-state index in [4.69, 9.17) is 10.8 Å². The number of carboxylic acids is 1. The Hall–Kier alpha value is -1.75. The molecule has 0 amide bonds. The van der Waals surface area contributed by atoms with Crippen molar-refractivity contribution in [3.63, 3.8) is 0 Å². The number of aromatic hydroxyl groups is 2. The van der Waals surface area contributed by atoms with Gasteiger partial charge in [0.15, 0.2) is 0 Å². The minimum Gasteiger partial charge on any atom is -0.508 e. The first kappa shape index (κ1) is 15.3. The Kier molecular flexibility index (Phi) is 5.63. The van der Waals surface area contributed by atoms with E-state index in [2.05, 4.69) is 0 Å². The first-order chi connectivity index (χ1) is 8.92. The molecule has 5 N–H and O–H groups in total. The Morgan fingerprint density at radius 2 is 1.84 bits per heavy atom. The van der Waals surface area contributed by atoms with Crippen LogP contribution in [0.5, 0.6) is 11.5 Å². The second-order valence-electron chi connectivity index (χ2n) is 5.01. The molecule has 0 aliphatic carbocycles. The normalized spacial score (nSPS) is 14.0. The Balaban J connectivity index is 2.49. The van der Waals surface area contributed by atoms with E-state index < -0.39 is 11.9 Å². The fourth-order valence-corrected chi connectivity index (χ4v) is 2.12. The summed E-state index contributed by atoms with van der Waals surface area (Å²) in [4.78, 5) is 10.9. The topological polar surface area (TPSA) is 104 Å². The molecule has 0 saturated heterocycles. The summed E-state index contributed by atoms with van der Waals surface area (Å²) >= 11 is 0. The van der Waals surface area contributed by atoms with Gasteiger partial charge in [0.1, 0.15) is 11.5 Å². The monoisotopic (exact) mass is 267 g/mol. The van der Waals surface area contributed by atoms with Gasteiger partial charge in [0.2, 0.25) is 0 Å². The molecule has 0 aliphatic rings. The number of carboxylic acid groups (broad SMARTS) is 1. The van der Waals surface area contributed by atoms with Gasteiger partial charge in [-0.3, -0.25) is 4.79 Å². The summed E-state index contributed by atoms with van der Waals surface area (Å²) in [6, 6.07) is 4.48. The lowest BCUT2D eigenvalue weighted by Crippen LogP contribution is -2.25. The van der Waals surface area contributed by atoms with Crippen molar-refractivity contribution >= 4 is 5.97 Å². The molecule has 1 rings (SSSR count). The van der Waals surface area contributed by atoms with E-state index >= 15 is 0 Å². The third-order valence-electron chi connectivity index (χ3n) is 3.21. The van der Waals surface area contributed by atoms with Gasteiger partial charge in [0.05, 0.1) is 5.92 Å². The quantitative estimate of drug-likeness (QED) is 0.602. The highest BCUT2D eigenvalue weighted by Gasteiger charge is 2.18. The Bertz CT molecular complexity index is 413. The largest absolute Gasteiger partial charge is 0.508 e. The third-order valence-corrected chi connectivity index (χ3v) is 3.21. The fourth-order valence-electron chi connectivity index (χ4n) is 2.12. The highest BCUT2D eigenvalue weighted by Crippen LogP contribution is 2.23. The molecule has 0 saturated carbocycles. The highest BCUT2D eigenvalue weighted by molar-refractivity contribution is 5.70. The molecule has 2 atom stereocenters. The van der Waals surface area contributed by atoms with Crippen molar-refractivity contribution in [2.45, 2.75) is 26.2 Å². The second-order valence-corrected chi connectivity index (χ2v) is 5.01. The van der Waals surface area contributed by atoms with E-state index in [0.29, 0.717) is 12.8 Å². The van der Waals surface area contributed by atoms with Crippen molar-refractivity contribution in [2.24, 2.45) is 17.6 Å². The standard InChI is InChI=1S/C14H21NO4/c1-9(4-11(8-15)14(18)19)2-3-10-5-12(16)7-13(17)6-10/h5-7,9,11,16-17H,2-4,8,15H2,1H3,(H,18,19). The average molecular weight is 267 g/mol. The van der Waals surface area contributed by atoms with Crippen molar-refractivity contribution in [2.75, 3.05) is 6.54 Å². The van der Waals surface area contributed by atoms with Crippen LogP contribution in [0, 0.1) is 11.8 Å². The number of hydrogen-bond acceptors (Lipinski definition) is 4. The molecule has 2 unspecified atom stereocenters. The highest BCUT2D eigenvalue weighted by atomic mass is 16.4. The van der Waals surface area contributed by atoms with Crippen LogP contribution in [0.1, 0.15) is 25.3 Å². The van der Waals surface area contributed by atoms with Gasteiger partial charge in [-0.1, -0.05) is 6.92 Å². The van der Waals surface area contributed by atoms with Crippen molar-refractivity contribution in [1.29, 1.82) is 0 Å². The van der Waals surface area contributed by atoms with E-state index in [9.17, 15) is 15.0 Å². The minimum atomic E-state index is -0.857. The molecule has 0 fully saturated rings. The zero-order valence-electron chi connectivity index (χ0n) is 11.0. The SMILES string of the molecule is CC(CCc1cc(O)cc(O)c1)CC(CN)C(=O)O. The van der Waals surface area contributed by atoms with E-state index in [1.54, 1.807) is 12.1 Å². The van der Waals surface area contributed by atoms with Crippen molar-refractivity contribution < 1.29 is 20.1 Å². The molecule has 0 radical (unpaired) electrons. The Morgan fingerprint density at radius 1 is 1.26 bits per heavy atom. The number of phenols is 2. The number of aliphatic carboxylic acids is 1. The Morgan fingerprint density at radius 3 is 2.32 bits per heavy atom. The van der Waals surface area contributed by atoms with Gasteiger partial charge in [-0.05, 0) is 42.9 Å². The molecule has 1 aromatic carbocycles. The molecule has 0 aliphatic heterocycles. The predicted molar refractivity (Wildman–Crippen MR) is 72.1 cm³/mol. The number of nitrogens with two attached hydrogens (primary N) is 1. The van der Waals surface area contributed by atoms with Crippen LogP contribution in [0.3, 0.4) is 0 Å². The summed E-state index contributed by atoms with van der Waals surface area (Å²) in [5.74, 6) is -1.08. The first-order valence-corrected chi connectivity index (χ1v) is 6.37. The maximum absolute atomic E-state index is 10.9. The van der Waals surface area contributed by atoms with Crippen LogP contribution in [0.15, 0.2) is 18.2 Å². The molecule has 0 aromatic heterocycles. The van der Waals surface area contributed by atoms with Gasteiger partial charge in [0, 0.05) is 12.6 Å². The zero-order valence-corrected chi connectivity index (χ0v) is 11.0. The average Bonchev–Trinajstić information content (AvgIpc) is 2.32. The molecular weight excluding hydrogens is 246 g/mol. The van der Waals surface area contributed by atoms with Crippen LogP contribution in [0.4, 0.5) is 0 Å². The molecule has 0 spiro atoms. The molecule has 0 heterocycles. The lowest BCUT2D eigenvalue weighted by Gasteiger charge is -2.16. The summed E-state index contributed by atoms with van der Waals surface area (Å²) in [5.41, 5.74) is 6.26. The second kappa shape index (κ2) is 6.99. The third kappa shape index (κ3) is 5.18. The summed E-state index contributed by atoms with van der Waals surface area (Å²) < 4.78 is 0. The summed E-state index contributed by atoms with van der Waals surface area (Å²) in [7, 11) is 0. The Labute approximate surface area is 112 Å². The lowest BCUT2D eigenvalue weighted by molar-refractivity contribution is -0.141. The van der Waals surface area contributed by atoms with E-state index in [0.717, 1.165) is 12.0 Å². The number of phenolic OH excluding ortho intramolecular Hbond substituents is 2. The smallest absolute Gasteiger partial charge is 0.307 e. The van der Waals surface area contributed by atoms with Gasteiger partial charge in [0.25, 0.3) is 0 Å². The number of rotatable bonds is 7. The van der Waals surface area contributed by atoms with Crippen LogP contribution in [-0.2, 0) is 11.2 Å². The maximum atomic E-state index is 10.9. The van der Waals surface area contributed by atoms with Crippen molar-refractivity contribution in [1.82, 2.24) is 0 Å². The zero-order chi connectivity index (χ0) is 14.4. The van der Waals surface area contributed by atoms with Gasteiger partial charge in [-0.15, -0.1) is 0 Å². The number of carbonyl (C=O) groups is 1. The summed E-state index contributed by atoms with van der Waals surface area (Å²) in [6.45, 7) is 2.13. The van der Waals surface area contributed by atoms with Crippen molar-refractivity contribution in [3.8, 4) is 11.5 Å². The van der Waals surface area contributed by atoms with E-state index in [1.165, 1.54) is 6.07 Å². The van der Waals surface area contributed by atoms with Crippen LogP contribution >= 0.6 is 0 Å². The van der Waals surface area contributed by atoms with Crippen molar-refractivity contribution in [3.05, 3.63) is 23.8 Å². The maximum Gasteiger partial charge on any atom is 0.307 e. The van der Waals surface area contributed by atoms with Gasteiger partial charge >= 0.3 is 5.97 Å². The number of aryl methyl sites for hydroxylation is 1. The fraction of sp³-hybridized carbons (Fsp3) is 0.500. The summed E-state index contributed by atoms with van der Waals surface area (Å²) in [5, 5.41) is 27.7. The predicted octanol–water partition coefficient (Wildman–Crippen LogP) is 1.72.